The van der Waals surface area contributed by atoms with Gasteiger partial charge in [-0.25, -0.2) is 4.79 Å². The van der Waals surface area contributed by atoms with Crippen LogP contribution in [0.1, 0.15) is 45.4 Å². The number of carbonyl (C=O) groups is 2. The number of aliphatic carboxylic acids is 1. The summed E-state index contributed by atoms with van der Waals surface area (Å²) < 4.78 is 0. The lowest BCUT2D eigenvalue weighted by Crippen LogP contribution is -2.39. The molecule has 0 aliphatic carbocycles. The van der Waals surface area contributed by atoms with Crippen LogP contribution in [-0.2, 0) is 9.59 Å². The van der Waals surface area contributed by atoms with Gasteiger partial charge in [0.25, 0.3) is 0 Å². The van der Waals surface area contributed by atoms with E-state index in [-0.39, 0.29) is 5.91 Å². The topological polar surface area (TPSA) is 66.4 Å². The molecular formula is C12H21NO3. The molecule has 1 atom stereocenters. The smallest absolute Gasteiger partial charge is 0.326 e. The van der Waals surface area contributed by atoms with Gasteiger partial charge in [0, 0.05) is 6.92 Å². The maximum atomic E-state index is 10.8. The van der Waals surface area contributed by atoms with Crippen molar-refractivity contribution in [3.05, 3.63) is 12.7 Å². The minimum absolute atomic E-state index is 0.293. The first-order valence-corrected chi connectivity index (χ1v) is 5.68. The van der Waals surface area contributed by atoms with E-state index in [4.69, 9.17) is 5.11 Å². The monoisotopic (exact) mass is 227 g/mol. The van der Waals surface area contributed by atoms with Crippen LogP contribution in [0.2, 0.25) is 0 Å². The van der Waals surface area contributed by atoms with Crippen molar-refractivity contribution in [2.45, 2.75) is 51.5 Å². The number of hydrogen-bond donors (Lipinski definition) is 2. The molecule has 0 bridgehead atoms. The molecule has 0 unspecified atom stereocenters. The van der Waals surface area contributed by atoms with E-state index < -0.39 is 12.0 Å². The highest BCUT2D eigenvalue weighted by Crippen LogP contribution is 2.08. The van der Waals surface area contributed by atoms with Crippen LogP contribution >= 0.6 is 0 Å². The van der Waals surface area contributed by atoms with Gasteiger partial charge in [0.15, 0.2) is 0 Å². The summed E-state index contributed by atoms with van der Waals surface area (Å²) in [6.45, 7) is 4.97. The molecule has 92 valence electrons. The summed E-state index contributed by atoms with van der Waals surface area (Å²) in [6, 6.07) is -0.739. The summed E-state index contributed by atoms with van der Waals surface area (Å²) in [6.07, 6.45) is 7.40. The maximum Gasteiger partial charge on any atom is 0.326 e. The Balaban J connectivity index is 3.64. The van der Waals surface area contributed by atoms with Crippen LogP contribution < -0.4 is 5.32 Å². The molecule has 0 fully saturated rings. The van der Waals surface area contributed by atoms with Crippen molar-refractivity contribution in [2.24, 2.45) is 0 Å². The minimum atomic E-state index is -0.957. The molecule has 4 nitrogen and oxygen atoms in total. The normalized spacial score (nSPS) is 11.8. The van der Waals surface area contributed by atoms with Crippen molar-refractivity contribution >= 4 is 11.9 Å². The summed E-state index contributed by atoms with van der Waals surface area (Å²) in [5.74, 6) is -1.25. The molecule has 0 spiro atoms. The van der Waals surface area contributed by atoms with Crippen LogP contribution in [0.15, 0.2) is 12.7 Å². The molecule has 0 saturated heterocycles. The predicted octanol–water partition coefficient (Wildman–Crippen LogP) is 2.10. The third-order valence-corrected chi connectivity index (χ3v) is 2.33. The van der Waals surface area contributed by atoms with Gasteiger partial charge in [0.1, 0.15) is 6.04 Å². The third kappa shape index (κ3) is 8.03. The largest absolute Gasteiger partial charge is 0.480 e. The molecule has 1 amide bonds. The number of amides is 1. The van der Waals surface area contributed by atoms with Gasteiger partial charge in [-0.05, 0) is 19.3 Å². The van der Waals surface area contributed by atoms with Gasteiger partial charge in [-0.3, -0.25) is 4.79 Å². The van der Waals surface area contributed by atoms with Gasteiger partial charge >= 0.3 is 5.97 Å². The fourth-order valence-electron chi connectivity index (χ4n) is 1.49. The lowest BCUT2D eigenvalue weighted by Gasteiger charge is -2.12. The molecule has 2 N–H and O–H groups in total. The Morgan fingerprint density at radius 2 is 1.94 bits per heavy atom. The van der Waals surface area contributed by atoms with Crippen molar-refractivity contribution in [2.75, 3.05) is 0 Å². The number of carboxylic acid groups (broad SMARTS) is 1. The van der Waals surface area contributed by atoms with Crippen molar-refractivity contribution in [1.82, 2.24) is 5.32 Å². The van der Waals surface area contributed by atoms with Gasteiger partial charge in [-0.15, -0.1) is 6.58 Å². The zero-order valence-corrected chi connectivity index (χ0v) is 9.87. The van der Waals surface area contributed by atoms with Gasteiger partial charge in [-0.1, -0.05) is 25.3 Å². The molecule has 0 aromatic rings. The van der Waals surface area contributed by atoms with Crippen LogP contribution in [0, 0.1) is 0 Å². The highest BCUT2D eigenvalue weighted by atomic mass is 16.4. The Labute approximate surface area is 96.7 Å². The Kier molecular flexibility index (Phi) is 8.21. The van der Waals surface area contributed by atoms with Crippen LogP contribution in [0.5, 0.6) is 0 Å². The average molecular weight is 227 g/mol. The van der Waals surface area contributed by atoms with E-state index in [2.05, 4.69) is 11.9 Å². The average Bonchev–Trinajstić information content (AvgIpc) is 2.20. The zero-order valence-electron chi connectivity index (χ0n) is 9.87. The molecule has 0 radical (unpaired) electrons. The molecule has 0 saturated carbocycles. The lowest BCUT2D eigenvalue weighted by atomic mass is 10.1. The van der Waals surface area contributed by atoms with E-state index in [1.54, 1.807) is 0 Å². The number of rotatable bonds is 9. The fraction of sp³-hybridized carbons (Fsp3) is 0.667. The van der Waals surface area contributed by atoms with Crippen LogP contribution in [0.4, 0.5) is 0 Å². The zero-order chi connectivity index (χ0) is 12.4. The molecule has 0 heterocycles. The first-order chi connectivity index (χ1) is 7.57. The van der Waals surface area contributed by atoms with Crippen molar-refractivity contribution in [1.29, 1.82) is 0 Å². The number of allylic oxidation sites excluding steroid dienone is 1. The summed E-state index contributed by atoms with van der Waals surface area (Å²) >= 11 is 0. The number of unbranched alkanes of at least 4 members (excludes halogenated alkanes) is 4. The van der Waals surface area contributed by atoms with E-state index in [9.17, 15) is 9.59 Å². The van der Waals surface area contributed by atoms with Crippen molar-refractivity contribution in [3.8, 4) is 0 Å². The second-order valence-electron chi connectivity index (χ2n) is 3.87. The number of carboxylic acids is 1. The van der Waals surface area contributed by atoms with E-state index in [1.807, 2.05) is 6.08 Å². The summed E-state index contributed by atoms with van der Waals surface area (Å²) in [7, 11) is 0. The Hall–Kier alpha value is -1.32. The van der Waals surface area contributed by atoms with Gasteiger partial charge < -0.3 is 10.4 Å². The number of hydrogen-bond acceptors (Lipinski definition) is 2. The molecular weight excluding hydrogens is 206 g/mol. The second kappa shape index (κ2) is 8.95. The molecule has 0 aliphatic rings. The van der Waals surface area contributed by atoms with Crippen molar-refractivity contribution in [3.63, 3.8) is 0 Å². The molecule has 0 aromatic heterocycles. The quantitative estimate of drug-likeness (QED) is 0.468. The van der Waals surface area contributed by atoms with Crippen molar-refractivity contribution < 1.29 is 14.7 Å². The molecule has 0 aromatic carbocycles. The maximum absolute atomic E-state index is 10.8. The first-order valence-electron chi connectivity index (χ1n) is 5.68. The van der Waals surface area contributed by atoms with E-state index >= 15 is 0 Å². The van der Waals surface area contributed by atoms with Crippen LogP contribution in [0.25, 0.3) is 0 Å². The van der Waals surface area contributed by atoms with Crippen LogP contribution in [-0.4, -0.2) is 23.0 Å². The van der Waals surface area contributed by atoms with E-state index in [0.29, 0.717) is 6.42 Å². The molecule has 0 rings (SSSR count). The highest BCUT2D eigenvalue weighted by molar-refractivity contribution is 5.81. The lowest BCUT2D eigenvalue weighted by molar-refractivity contribution is -0.141. The SMILES string of the molecule is C=CCCCCCC[C@@H](NC(C)=O)C(=O)O. The van der Waals surface area contributed by atoms with Gasteiger partial charge in [0.05, 0.1) is 0 Å². The summed E-state index contributed by atoms with van der Waals surface area (Å²) in [4.78, 5) is 21.5. The standard InChI is InChI=1S/C12H21NO3/c1-3-4-5-6-7-8-9-11(12(15)16)13-10(2)14/h3,11H,1,4-9H2,2H3,(H,13,14)(H,15,16)/t11-/m1/s1. The van der Waals surface area contributed by atoms with Crippen LogP contribution in [0.3, 0.4) is 0 Å². The van der Waals surface area contributed by atoms with E-state index in [0.717, 1.165) is 32.1 Å². The molecule has 4 heteroatoms. The number of nitrogens with one attached hydrogen (secondary N) is 1. The first kappa shape index (κ1) is 14.7. The third-order valence-electron chi connectivity index (χ3n) is 2.33. The van der Waals surface area contributed by atoms with Gasteiger partial charge in [-0.2, -0.15) is 0 Å². The summed E-state index contributed by atoms with van der Waals surface area (Å²) in [5, 5.41) is 11.3. The predicted molar refractivity (Wildman–Crippen MR) is 63.1 cm³/mol. The number of carbonyl (C=O) groups excluding carboxylic acids is 1. The molecule has 0 aliphatic heterocycles. The fourth-order valence-corrected chi connectivity index (χ4v) is 1.49. The Morgan fingerprint density at radius 1 is 1.31 bits per heavy atom. The van der Waals surface area contributed by atoms with Gasteiger partial charge in [0.2, 0.25) is 5.91 Å². The minimum Gasteiger partial charge on any atom is -0.480 e. The molecule has 16 heavy (non-hydrogen) atoms. The Morgan fingerprint density at radius 3 is 2.44 bits per heavy atom. The second-order valence-corrected chi connectivity index (χ2v) is 3.87. The van der Waals surface area contributed by atoms with E-state index in [1.165, 1.54) is 6.92 Å². The Bertz CT molecular complexity index is 238. The summed E-state index contributed by atoms with van der Waals surface area (Å²) in [5.41, 5.74) is 0. The highest BCUT2D eigenvalue weighted by Gasteiger charge is 2.17.